The minimum absolute atomic E-state index is 0.0242. The van der Waals surface area contributed by atoms with Crippen LogP contribution in [-0.2, 0) is 9.22 Å². The zero-order valence-electron chi connectivity index (χ0n) is 19.1. The van der Waals surface area contributed by atoms with E-state index < -0.39 is 8.32 Å². The van der Waals surface area contributed by atoms with Crippen LogP contribution in [0.15, 0.2) is 23.8 Å². The zero-order valence-corrected chi connectivity index (χ0v) is 21.9. The van der Waals surface area contributed by atoms with E-state index in [4.69, 9.17) is 4.43 Å². The van der Waals surface area contributed by atoms with E-state index >= 15 is 0 Å². The predicted molar refractivity (Wildman–Crippen MR) is 123 cm³/mol. The molecule has 0 unspecified atom stereocenters. The molecule has 28 heavy (non-hydrogen) atoms. The Morgan fingerprint density at radius 2 is 2.07 bits per heavy atom. The Kier molecular flexibility index (Phi) is 8.23. The summed E-state index contributed by atoms with van der Waals surface area (Å²) in [5.74, 6) is 0.356. The van der Waals surface area contributed by atoms with Crippen LogP contribution in [-0.4, -0.2) is 51.7 Å². The van der Waals surface area contributed by atoms with E-state index in [1.165, 1.54) is 35.7 Å². The normalized spacial score (nSPS) is 26.5. The zero-order chi connectivity index (χ0) is 21.1. The molecule has 1 amide bonds. The van der Waals surface area contributed by atoms with Gasteiger partial charge in [0.15, 0.2) is 0 Å². The Morgan fingerprint density at radius 3 is 2.68 bits per heavy atom. The van der Waals surface area contributed by atoms with Crippen LogP contribution in [0.3, 0.4) is 0 Å². The minimum atomic E-state index is -1.86. The number of nitrogens with zero attached hydrogens (tertiary/aromatic N) is 1. The van der Waals surface area contributed by atoms with E-state index in [0.29, 0.717) is 25.8 Å². The van der Waals surface area contributed by atoms with Gasteiger partial charge in [0.25, 0.3) is 0 Å². The van der Waals surface area contributed by atoms with Crippen LogP contribution in [0.1, 0.15) is 66.7 Å². The molecule has 0 aromatic rings. The number of carbonyl (C=O) groups is 1. The van der Waals surface area contributed by atoms with Crippen molar-refractivity contribution in [2.24, 2.45) is 5.92 Å². The molecule has 2 aliphatic rings. The third-order valence-corrected chi connectivity index (χ3v) is 14.1. The van der Waals surface area contributed by atoms with Gasteiger partial charge in [0, 0.05) is 0 Å². The van der Waals surface area contributed by atoms with Crippen molar-refractivity contribution in [3.05, 3.63) is 23.8 Å². The molecule has 0 spiro atoms. The summed E-state index contributed by atoms with van der Waals surface area (Å²) in [6.07, 6.45) is 8.25. The number of unbranched alkanes of at least 4 members (excludes halogenated alkanes) is 2. The quantitative estimate of drug-likeness (QED) is 0.256. The average Bonchev–Trinajstić information content (AvgIpc) is 2.56. The van der Waals surface area contributed by atoms with Crippen molar-refractivity contribution in [3.63, 3.8) is 0 Å². The van der Waals surface area contributed by atoms with Crippen LogP contribution >= 0.6 is 0 Å². The Morgan fingerprint density at radius 1 is 1.39 bits per heavy atom. The molecular formula is C23H41NO2SeSi. The van der Waals surface area contributed by atoms with Gasteiger partial charge < -0.3 is 0 Å². The molecule has 0 saturated carbocycles. The van der Waals surface area contributed by atoms with E-state index in [9.17, 15) is 4.79 Å². The summed E-state index contributed by atoms with van der Waals surface area (Å²) in [6, 6.07) is 0. The summed E-state index contributed by atoms with van der Waals surface area (Å²) >= 11 is 0.467. The number of fused-ring (bicyclic) bond motifs is 1. The third-order valence-electron chi connectivity index (χ3n) is 6.65. The first-order valence-corrected chi connectivity index (χ1v) is 16.1. The standard InChI is InChI=1S/C23H41NO2SeSi/c1-9-10-11-13-17(2)19-14-12-15-27-22-20(21(25)24(22)16-19)18(3)26-28(7,8)23(4,5)6/h14,18,20,22H,2,9-13,15-16H2,1,3-8H3/b19-14+/t18-,20+,22-/m1/s1. The van der Waals surface area contributed by atoms with Gasteiger partial charge in [-0.15, -0.1) is 0 Å². The second kappa shape index (κ2) is 9.64. The molecule has 1 saturated heterocycles. The van der Waals surface area contributed by atoms with Gasteiger partial charge in [0.05, 0.1) is 0 Å². The molecule has 160 valence electrons. The summed E-state index contributed by atoms with van der Waals surface area (Å²) in [7, 11) is -1.86. The molecule has 0 N–H and O–H groups in total. The van der Waals surface area contributed by atoms with Gasteiger partial charge >= 0.3 is 181 Å². The maximum absolute atomic E-state index is 13.1. The molecular weight excluding hydrogens is 429 g/mol. The SMILES string of the molecule is C=C(CCCCC)/C1=C/CC[Se][C@@H]2[C@@H]([C@@H](C)O[Si](C)(C)C(C)(C)C)C(=O)N2C1. The number of carbonyl (C=O) groups excluding carboxylic acids is 1. The van der Waals surface area contributed by atoms with E-state index in [1.54, 1.807) is 0 Å². The van der Waals surface area contributed by atoms with Gasteiger partial charge in [-0.3, -0.25) is 0 Å². The Bertz CT molecular complexity index is 608. The number of amides is 1. The van der Waals surface area contributed by atoms with Gasteiger partial charge in [0.1, 0.15) is 0 Å². The van der Waals surface area contributed by atoms with E-state index in [1.807, 2.05) is 0 Å². The summed E-state index contributed by atoms with van der Waals surface area (Å²) in [5.41, 5.74) is 2.55. The van der Waals surface area contributed by atoms with Crippen molar-refractivity contribution >= 4 is 29.2 Å². The molecule has 0 bridgehead atoms. The first-order chi connectivity index (χ1) is 13.0. The van der Waals surface area contributed by atoms with E-state index in [2.05, 4.69) is 65.3 Å². The second-order valence-corrected chi connectivity index (χ2v) is 17.2. The van der Waals surface area contributed by atoms with Gasteiger partial charge in [0.2, 0.25) is 0 Å². The van der Waals surface area contributed by atoms with Crippen molar-refractivity contribution in [3.8, 4) is 0 Å². The Balaban J connectivity index is 2.03. The summed E-state index contributed by atoms with van der Waals surface area (Å²) < 4.78 is 6.61. The molecule has 3 nitrogen and oxygen atoms in total. The molecule has 2 aliphatic heterocycles. The fourth-order valence-corrected chi connectivity index (χ4v) is 8.10. The van der Waals surface area contributed by atoms with Crippen LogP contribution < -0.4 is 0 Å². The Hall–Kier alpha value is -0.354. The fraction of sp³-hybridized carbons (Fsp3) is 0.783. The number of rotatable bonds is 8. The van der Waals surface area contributed by atoms with Crippen LogP contribution in [0.2, 0.25) is 23.5 Å². The van der Waals surface area contributed by atoms with Crippen molar-refractivity contribution in [2.75, 3.05) is 6.54 Å². The topological polar surface area (TPSA) is 29.5 Å². The van der Waals surface area contributed by atoms with Crippen molar-refractivity contribution < 1.29 is 9.22 Å². The van der Waals surface area contributed by atoms with Gasteiger partial charge in [-0.25, -0.2) is 0 Å². The summed E-state index contributed by atoms with van der Waals surface area (Å²) in [4.78, 5) is 15.6. The number of hydrogen-bond donors (Lipinski definition) is 0. The van der Waals surface area contributed by atoms with Crippen LogP contribution in [0, 0.1) is 5.92 Å². The molecule has 1 fully saturated rings. The predicted octanol–water partition coefficient (Wildman–Crippen LogP) is 5.77. The van der Waals surface area contributed by atoms with E-state index in [0.717, 1.165) is 19.4 Å². The second-order valence-electron chi connectivity index (χ2n) is 9.92. The molecule has 0 aliphatic carbocycles. The molecule has 0 radical (unpaired) electrons. The number of allylic oxidation sites excluding steroid dienone is 1. The monoisotopic (exact) mass is 471 g/mol. The average molecular weight is 471 g/mol. The third kappa shape index (κ3) is 5.41. The van der Waals surface area contributed by atoms with Crippen LogP contribution in [0.25, 0.3) is 0 Å². The molecule has 2 rings (SSSR count). The number of hydrogen-bond acceptors (Lipinski definition) is 2. The molecule has 3 atom stereocenters. The fourth-order valence-electron chi connectivity index (χ4n) is 3.73. The first kappa shape index (κ1) is 23.9. The van der Waals surface area contributed by atoms with Crippen molar-refractivity contribution in [2.45, 2.75) is 101 Å². The van der Waals surface area contributed by atoms with Gasteiger partial charge in [-0.1, -0.05) is 0 Å². The molecule has 5 heteroatoms. The summed E-state index contributed by atoms with van der Waals surface area (Å²) in [6.45, 7) is 20.8. The number of β-lactam (4-membered cyclic amide) rings is 1. The molecule has 0 aromatic carbocycles. The van der Waals surface area contributed by atoms with Crippen molar-refractivity contribution in [1.82, 2.24) is 4.90 Å². The summed E-state index contributed by atoms with van der Waals surface area (Å²) in [5, 5.41) is 1.38. The van der Waals surface area contributed by atoms with Crippen LogP contribution in [0.4, 0.5) is 0 Å². The van der Waals surface area contributed by atoms with Gasteiger partial charge in [-0.2, -0.15) is 0 Å². The maximum atomic E-state index is 13.1. The van der Waals surface area contributed by atoms with Gasteiger partial charge in [-0.05, 0) is 0 Å². The molecule has 2 heterocycles. The first-order valence-electron chi connectivity index (χ1n) is 11.0. The van der Waals surface area contributed by atoms with Crippen LogP contribution in [0.5, 0.6) is 0 Å². The Labute approximate surface area is 180 Å². The van der Waals surface area contributed by atoms with Crippen molar-refractivity contribution in [1.29, 1.82) is 0 Å². The molecule has 0 aromatic heterocycles. The van der Waals surface area contributed by atoms with E-state index in [-0.39, 0.29) is 17.1 Å².